The van der Waals surface area contributed by atoms with Gasteiger partial charge in [-0.1, -0.05) is 46.7 Å². The first-order chi connectivity index (χ1) is 14.6. The van der Waals surface area contributed by atoms with Crippen LogP contribution < -0.4 is 11.2 Å². The number of aliphatic carboxylic acids is 1. The fourth-order valence-corrected chi connectivity index (χ4v) is 4.59. The summed E-state index contributed by atoms with van der Waals surface area (Å²) in [5.41, 5.74) is -0.142. The molecule has 11 heteroatoms. The predicted octanol–water partition coefficient (Wildman–Crippen LogP) is 2.25. The molecule has 0 spiro atoms. The number of aromatic nitrogens is 4. The molecule has 0 aliphatic heterocycles. The van der Waals surface area contributed by atoms with Crippen LogP contribution in [0, 0.1) is 0 Å². The third kappa shape index (κ3) is 4.67. The van der Waals surface area contributed by atoms with Crippen molar-refractivity contribution in [3.05, 3.63) is 55.1 Å². The Bertz CT molecular complexity index is 1290. The van der Waals surface area contributed by atoms with Crippen LogP contribution >= 0.6 is 27.7 Å². The highest BCUT2D eigenvalue weighted by Crippen LogP contribution is 2.28. The third-order valence-corrected chi connectivity index (χ3v) is 6.54. The topological polar surface area (TPSA) is 116 Å². The van der Waals surface area contributed by atoms with Crippen molar-refractivity contribution < 1.29 is 14.7 Å². The van der Waals surface area contributed by atoms with E-state index in [1.165, 1.54) is 18.5 Å². The summed E-state index contributed by atoms with van der Waals surface area (Å²) in [6, 6.07) is 7.47. The van der Waals surface area contributed by atoms with E-state index in [4.69, 9.17) is 0 Å². The van der Waals surface area contributed by atoms with E-state index in [0.29, 0.717) is 11.6 Å². The second-order valence-corrected chi connectivity index (χ2v) is 9.16. The third-order valence-electron chi connectivity index (χ3n) is 4.70. The van der Waals surface area contributed by atoms with Gasteiger partial charge in [0.2, 0.25) is 0 Å². The van der Waals surface area contributed by atoms with Crippen molar-refractivity contribution in [2.24, 2.45) is 7.05 Å². The predicted molar refractivity (Wildman–Crippen MR) is 121 cm³/mol. The number of aryl methyl sites for hydroxylation is 1. The second kappa shape index (κ2) is 9.23. The summed E-state index contributed by atoms with van der Waals surface area (Å²) in [5, 5.41) is 9.05. The normalized spacial score (nSPS) is 12.3. The number of halogens is 1. The van der Waals surface area contributed by atoms with Crippen LogP contribution in [0.1, 0.15) is 25.8 Å². The summed E-state index contributed by atoms with van der Waals surface area (Å²) in [5.74, 6) is -1.32. The quantitative estimate of drug-likeness (QED) is 0.463. The van der Waals surface area contributed by atoms with Crippen molar-refractivity contribution in [1.29, 1.82) is 0 Å². The maximum atomic E-state index is 13.2. The van der Waals surface area contributed by atoms with Crippen LogP contribution in [0.2, 0.25) is 0 Å². The van der Waals surface area contributed by atoms with Crippen LogP contribution in [0.3, 0.4) is 0 Å². The van der Waals surface area contributed by atoms with Gasteiger partial charge < -0.3 is 9.67 Å². The molecule has 164 valence electrons. The van der Waals surface area contributed by atoms with E-state index in [2.05, 4.69) is 20.9 Å². The molecule has 9 nitrogen and oxygen atoms in total. The number of hydrogen-bond acceptors (Lipinski definition) is 6. The average Bonchev–Trinajstić information content (AvgIpc) is 3.05. The molecular weight excluding hydrogens is 488 g/mol. The molecule has 1 atom stereocenters. The number of ketones is 1. The molecule has 1 unspecified atom stereocenters. The number of nitrogens with zero attached hydrogens (tertiary/aromatic N) is 4. The van der Waals surface area contributed by atoms with Gasteiger partial charge in [0.05, 0.1) is 13.1 Å². The maximum absolute atomic E-state index is 13.2. The lowest BCUT2D eigenvalue weighted by molar-refractivity contribution is -0.136. The number of imidazole rings is 1. The molecule has 0 fully saturated rings. The van der Waals surface area contributed by atoms with Gasteiger partial charge in [0.1, 0.15) is 11.0 Å². The molecule has 0 aliphatic rings. The zero-order valence-corrected chi connectivity index (χ0v) is 19.6. The first-order valence-electron chi connectivity index (χ1n) is 9.47. The molecule has 1 N–H and O–H groups in total. The summed E-state index contributed by atoms with van der Waals surface area (Å²) >= 11 is 4.45. The van der Waals surface area contributed by atoms with Crippen molar-refractivity contribution in [2.75, 3.05) is 0 Å². The van der Waals surface area contributed by atoms with Gasteiger partial charge in [-0.25, -0.2) is 9.78 Å². The molecule has 0 bridgehead atoms. The van der Waals surface area contributed by atoms with Crippen molar-refractivity contribution >= 4 is 50.6 Å². The molecule has 3 rings (SSSR count). The molecule has 3 aromatic rings. The van der Waals surface area contributed by atoms with E-state index in [1.807, 2.05) is 24.3 Å². The van der Waals surface area contributed by atoms with Crippen molar-refractivity contribution in [3.63, 3.8) is 0 Å². The van der Waals surface area contributed by atoms with E-state index in [-0.39, 0.29) is 30.0 Å². The second-order valence-electron chi connectivity index (χ2n) is 7.07. The van der Waals surface area contributed by atoms with Gasteiger partial charge in [-0.05, 0) is 31.0 Å². The van der Waals surface area contributed by atoms with Gasteiger partial charge in [0.25, 0.3) is 5.56 Å². The van der Waals surface area contributed by atoms with Gasteiger partial charge >= 0.3 is 11.7 Å². The number of benzene rings is 1. The number of hydrogen-bond donors (Lipinski definition) is 1. The molecule has 2 heterocycles. The first-order valence-corrected chi connectivity index (χ1v) is 11.1. The maximum Gasteiger partial charge on any atom is 0.332 e. The minimum Gasteiger partial charge on any atom is -0.480 e. The van der Waals surface area contributed by atoms with Gasteiger partial charge in [0.15, 0.2) is 16.3 Å². The molecule has 0 aliphatic carbocycles. The Morgan fingerprint density at radius 2 is 1.97 bits per heavy atom. The van der Waals surface area contributed by atoms with Crippen LogP contribution in [0.15, 0.2) is 43.5 Å². The fraction of sp³-hybridized carbons (Fsp3) is 0.350. The highest BCUT2D eigenvalue weighted by Gasteiger charge is 2.25. The molecular formula is C20H21BrN4O5S. The zero-order chi connectivity index (χ0) is 22.9. The largest absolute Gasteiger partial charge is 0.480 e. The van der Waals surface area contributed by atoms with Crippen LogP contribution in [-0.4, -0.2) is 40.8 Å². The van der Waals surface area contributed by atoms with Crippen molar-refractivity contribution in [1.82, 2.24) is 18.7 Å². The smallest absolute Gasteiger partial charge is 0.332 e. The lowest BCUT2D eigenvalue weighted by Gasteiger charge is -2.13. The van der Waals surface area contributed by atoms with Gasteiger partial charge in [-0.3, -0.25) is 23.5 Å². The number of Topliss-reactive ketones (excluding diaryl/α,β-unsaturated/α-hetero) is 1. The van der Waals surface area contributed by atoms with Gasteiger partial charge in [0, 0.05) is 11.5 Å². The highest BCUT2D eigenvalue weighted by molar-refractivity contribution is 9.10. The van der Waals surface area contributed by atoms with E-state index < -0.39 is 22.5 Å². The summed E-state index contributed by atoms with van der Waals surface area (Å²) in [6.07, 6.45) is 0.355. The van der Waals surface area contributed by atoms with E-state index in [0.717, 1.165) is 26.4 Å². The van der Waals surface area contributed by atoms with Crippen LogP contribution in [-0.2, 0) is 29.7 Å². The lowest BCUT2D eigenvalue weighted by Crippen LogP contribution is -2.41. The van der Waals surface area contributed by atoms with Crippen molar-refractivity contribution in [2.45, 2.75) is 43.8 Å². The number of carbonyl (C=O) groups excluding carboxylic acids is 1. The Balaban J connectivity index is 2.31. The minimum absolute atomic E-state index is 0.145. The SMILES string of the molecule is CCC(Sc1nc2c(c(=O)n(CC(C)=O)c(=O)n2C)n1Cc1cccc(Br)c1)C(=O)O. The summed E-state index contributed by atoms with van der Waals surface area (Å²) in [6.45, 7) is 2.94. The number of rotatable bonds is 8. The Kier molecular flexibility index (Phi) is 6.85. The van der Waals surface area contributed by atoms with Crippen LogP contribution in [0.4, 0.5) is 0 Å². The van der Waals surface area contributed by atoms with Crippen molar-refractivity contribution in [3.8, 4) is 0 Å². The number of fused-ring (bicyclic) bond motifs is 1. The Morgan fingerprint density at radius 3 is 2.55 bits per heavy atom. The van der Waals surface area contributed by atoms with Gasteiger partial charge in [-0.15, -0.1) is 0 Å². The van der Waals surface area contributed by atoms with E-state index in [9.17, 15) is 24.3 Å². The molecule has 0 saturated carbocycles. The number of carboxylic acids is 1. The molecule has 0 radical (unpaired) electrons. The minimum atomic E-state index is -0.989. The Labute approximate surface area is 189 Å². The van der Waals surface area contributed by atoms with E-state index in [1.54, 1.807) is 11.5 Å². The van der Waals surface area contributed by atoms with Crippen LogP contribution in [0.5, 0.6) is 0 Å². The summed E-state index contributed by atoms with van der Waals surface area (Å²) in [7, 11) is 1.47. The molecule has 0 amide bonds. The number of thioether (sulfide) groups is 1. The summed E-state index contributed by atoms with van der Waals surface area (Å²) < 4.78 is 4.56. The Hall–Kier alpha value is -2.66. The highest BCUT2D eigenvalue weighted by atomic mass is 79.9. The number of carboxylic acid groups (broad SMARTS) is 1. The lowest BCUT2D eigenvalue weighted by atomic mass is 10.2. The molecule has 31 heavy (non-hydrogen) atoms. The van der Waals surface area contributed by atoms with E-state index >= 15 is 0 Å². The summed E-state index contributed by atoms with van der Waals surface area (Å²) in [4.78, 5) is 53.6. The van der Waals surface area contributed by atoms with Crippen LogP contribution in [0.25, 0.3) is 11.2 Å². The first kappa shape index (κ1) is 23.0. The zero-order valence-electron chi connectivity index (χ0n) is 17.2. The molecule has 1 aromatic carbocycles. The van der Waals surface area contributed by atoms with Gasteiger partial charge in [-0.2, -0.15) is 0 Å². The monoisotopic (exact) mass is 508 g/mol. The fourth-order valence-electron chi connectivity index (χ4n) is 3.20. The number of carbonyl (C=O) groups is 2. The molecule has 0 saturated heterocycles. The average molecular weight is 509 g/mol. The molecule has 2 aromatic heterocycles. The standard InChI is InChI=1S/C20H21BrN4O5S/c1-4-14(18(28)29)31-19-22-16-15(24(19)10-12-6-5-7-13(21)8-12)17(27)25(9-11(2)26)20(30)23(16)3/h5-8,14H,4,9-10H2,1-3H3,(H,28,29). The Morgan fingerprint density at radius 1 is 1.26 bits per heavy atom.